The van der Waals surface area contributed by atoms with Gasteiger partial charge in [0.2, 0.25) is 10.0 Å². The van der Waals surface area contributed by atoms with Crippen LogP contribution in [-0.4, -0.2) is 31.5 Å². The van der Waals surface area contributed by atoms with Gasteiger partial charge in [-0.05, 0) is 44.4 Å². The highest BCUT2D eigenvalue weighted by Gasteiger charge is 2.37. The minimum absolute atomic E-state index is 0.192. The molecule has 1 aromatic carbocycles. The number of hydrogen-bond donors (Lipinski definition) is 0. The van der Waals surface area contributed by atoms with Gasteiger partial charge in [0.1, 0.15) is 16.3 Å². The van der Waals surface area contributed by atoms with E-state index in [4.69, 9.17) is 9.26 Å². The fourth-order valence-electron chi connectivity index (χ4n) is 3.33. The summed E-state index contributed by atoms with van der Waals surface area (Å²) in [6, 6.07) is 7.41. The Bertz CT molecular complexity index is 809. The molecule has 2 aromatic rings. The summed E-state index contributed by atoms with van der Waals surface area (Å²) in [5, 5.41) is 3.80. The van der Waals surface area contributed by atoms with E-state index in [0.29, 0.717) is 18.0 Å². The number of nitrogens with zero attached hydrogens (tertiary/aromatic N) is 2. The largest absolute Gasteiger partial charge is 0.497 e. The number of hydrogen-bond acceptors (Lipinski definition) is 5. The molecule has 1 aromatic heterocycles. The molecule has 0 radical (unpaired) electrons. The van der Waals surface area contributed by atoms with E-state index in [1.54, 1.807) is 25.3 Å². The normalized spacial score (nSPS) is 19.4. The number of sulfonamides is 1. The number of aromatic nitrogens is 1. The molecular formula is C17H22N2O4S. The lowest BCUT2D eigenvalue weighted by atomic mass is 9.97. The van der Waals surface area contributed by atoms with E-state index in [-0.39, 0.29) is 10.9 Å². The van der Waals surface area contributed by atoms with Crippen LogP contribution >= 0.6 is 0 Å². The molecule has 0 N–H and O–H groups in total. The van der Waals surface area contributed by atoms with Crippen LogP contribution < -0.4 is 4.74 Å². The Balaban J connectivity index is 2.04. The maximum absolute atomic E-state index is 13.2. The molecule has 7 heteroatoms. The van der Waals surface area contributed by atoms with E-state index in [0.717, 1.165) is 30.6 Å². The fourth-order valence-corrected chi connectivity index (χ4v) is 5.31. The van der Waals surface area contributed by atoms with Crippen LogP contribution in [-0.2, 0) is 10.0 Å². The molecule has 0 spiro atoms. The molecule has 6 nitrogen and oxygen atoms in total. The van der Waals surface area contributed by atoms with E-state index < -0.39 is 10.0 Å². The second-order valence-electron chi connectivity index (χ2n) is 6.06. The molecule has 24 heavy (non-hydrogen) atoms. The summed E-state index contributed by atoms with van der Waals surface area (Å²) in [7, 11) is -2.05. The van der Waals surface area contributed by atoms with Crippen molar-refractivity contribution in [2.45, 2.75) is 44.0 Å². The molecule has 1 aliphatic rings. The highest BCUT2D eigenvalue weighted by molar-refractivity contribution is 7.89. The van der Waals surface area contributed by atoms with Gasteiger partial charge in [-0.2, -0.15) is 4.31 Å². The van der Waals surface area contributed by atoms with Crippen molar-refractivity contribution in [1.29, 1.82) is 0 Å². The van der Waals surface area contributed by atoms with Crippen molar-refractivity contribution in [3.8, 4) is 5.75 Å². The summed E-state index contributed by atoms with van der Waals surface area (Å²) in [6.07, 6.45) is 2.63. The van der Waals surface area contributed by atoms with Gasteiger partial charge in [0, 0.05) is 6.54 Å². The van der Waals surface area contributed by atoms with Gasteiger partial charge < -0.3 is 9.26 Å². The van der Waals surface area contributed by atoms with Crippen molar-refractivity contribution in [1.82, 2.24) is 9.46 Å². The first-order chi connectivity index (χ1) is 11.4. The molecule has 1 fully saturated rings. The number of benzene rings is 1. The van der Waals surface area contributed by atoms with E-state index in [9.17, 15) is 8.42 Å². The average molecular weight is 350 g/mol. The van der Waals surface area contributed by atoms with E-state index in [2.05, 4.69) is 5.16 Å². The molecule has 0 aliphatic carbocycles. The summed E-state index contributed by atoms with van der Waals surface area (Å²) >= 11 is 0. The third kappa shape index (κ3) is 2.93. The van der Waals surface area contributed by atoms with Crippen molar-refractivity contribution < 1.29 is 17.7 Å². The third-order valence-electron chi connectivity index (χ3n) is 4.47. The molecule has 1 saturated heterocycles. The summed E-state index contributed by atoms with van der Waals surface area (Å²) < 4.78 is 38.4. The Morgan fingerprint density at radius 2 is 2.08 bits per heavy atom. The van der Waals surface area contributed by atoms with Crippen LogP contribution in [0.5, 0.6) is 5.75 Å². The van der Waals surface area contributed by atoms with Crippen molar-refractivity contribution in [3.05, 3.63) is 41.3 Å². The van der Waals surface area contributed by atoms with Crippen LogP contribution in [0, 0.1) is 13.8 Å². The van der Waals surface area contributed by atoms with Crippen LogP contribution in [0.15, 0.2) is 33.7 Å². The zero-order valence-corrected chi connectivity index (χ0v) is 15.0. The van der Waals surface area contributed by atoms with Crippen LogP contribution in [0.25, 0.3) is 0 Å². The van der Waals surface area contributed by atoms with Gasteiger partial charge in [0.05, 0.1) is 13.2 Å². The number of aryl methyl sites for hydroxylation is 2. The topological polar surface area (TPSA) is 72.6 Å². The number of rotatable bonds is 4. The summed E-state index contributed by atoms with van der Waals surface area (Å²) in [6.45, 7) is 3.79. The minimum atomic E-state index is -3.66. The van der Waals surface area contributed by atoms with Crippen LogP contribution in [0.1, 0.15) is 42.3 Å². The summed E-state index contributed by atoms with van der Waals surface area (Å²) in [5.74, 6) is 1.07. The zero-order valence-electron chi connectivity index (χ0n) is 14.2. The Morgan fingerprint density at radius 1 is 1.29 bits per heavy atom. The van der Waals surface area contributed by atoms with Crippen molar-refractivity contribution in [2.24, 2.45) is 0 Å². The molecular weight excluding hydrogens is 328 g/mol. The molecule has 1 atom stereocenters. The lowest BCUT2D eigenvalue weighted by molar-refractivity contribution is 0.255. The van der Waals surface area contributed by atoms with Gasteiger partial charge in [0.15, 0.2) is 5.76 Å². The Hall–Kier alpha value is -1.86. The molecule has 130 valence electrons. The smallest absolute Gasteiger partial charge is 0.249 e. The van der Waals surface area contributed by atoms with Crippen molar-refractivity contribution >= 4 is 10.0 Å². The lowest BCUT2D eigenvalue weighted by Gasteiger charge is -2.35. The van der Waals surface area contributed by atoms with Gasteiger partial charge in [-0.15, -0.1) is 0 Å². The average Bonchev–Trinajstić information content (AvgIpc) is 2.94. The molecule has 0 bridgehead atoms. The number of piperidine rings is 1. The second-order valence-corrected chi connectivity index (χ2v) is 7.88. The molecule has 0 amide bonds. The van der Waals surface area contributed by atoms with E-state index >= 15 is 0 Å². The Labute approximate surface area is 142 Å². The number of ether oxygens (including phenoxy) is 1. The van der Waals surface area contributed by atoms with Gasteiger partial charge >= 0.3 is 0 Å². The Kier molecular flexibility index (Phi) is 4.64. The van der Waals surface area contributed by atoms with Gasteiger partial charge in [-0.1, -0.05) is 23.7 Å². The lowest BCUT2D eigenvalue weighted by Crippen LogP contribution is -2.38. The predicted octanol–water partition coefficient (Wildman–Crippen LogP) is 3.22. The fraction of sp³-hybridized carbons (Fsp3) is 0.471. The monoisotopic (exact) mass is 350 g/mol. The summed E-state index contributed by atoms with van der Waals surface area (Å²) in [4.78, 5) is 0.192. The zero-order chi connectivity index (χ0) is 17.3. The molecule has 2 heterocycles. The quantitative estimate of drug-likeness (QED) is 0.846. The SMILES string of the molecule is COc1cccc([C@H]2CCCCN2S(=O)(=O)c2c(C)noc2C)c1. The summed E-state index contributed by atoms with van der Waals surface area (Å²) in [5.41, 5.74) is 1.35. The van der Waals surface area contributed by atoms with Crippen LogP contribution in [0.2, 0.25) is 0 Å². The highest BCUT2D eigenvalue weighted by Crippen LogP contribution is 2.37. The molecule has 1 aliphatic heterocycles. The van der Waals surface area contributed by atoms with E-state index in [1.165, 1.54) is 0 Å². The minimum Gasteiger partial charge on any atom is -0.497 e. The standard InChI is InChI=1S/C17H22N2O4S/c1-12-17(13(2)23-18-12)24(20,21)19-10-5-4-9-16(19)14-7-6-8-15(11-14)22-3/h6-8,11,16H,4-5,9-10H2,1-3H3/t16-/m1/s1. The first kappa shape index (κ1) is 17.0. The third-order valence-corrected chi connectivity index (χ3v) is 6.62. The highest BCUT2D eigenvalue weighted by atomic mass is 32.2. The first-order valence-corrected chi connectivity index (χ1v) is 9.48. The predicted molar refractivity (Wildman–Crippen MR) is 89.5 cm³/mol. The Morgan fingerprint density at radius 3 is 2.75 bits per heavy atom. The molecule has 3 rings (SSSR count). The van der Waals surface area contributed by atoms with Crippen LogP contribution in [0.3, 0.4) is 0 Å². The van der Waals surface area contributed by atoms with Gasteiger partial charge in [0.25, 0.3) is 0 Å². The maximum atomic E-state index is 13.2. The molecule has 0 saturated carbocycles. The second kappa shape index (κ2) is 6.57. The van der Waals surface area contributed by atoms with Crippen molar-refractivity contribution in [2.75, 3.05) is 13.7 Å². The van der Waals surface area contributed by atoms with E-state index in [1.807, 2.05) is 24.3 Å². The first-order valence-electron chi connectivity index (χ1n) is 8.04. The molecule has 0 unspecified atom stereocenters. The maximum Gasteiger partial charge on any atom is 0.249 e. The van der Waals surface area contributed by atoms with Crippen LogP contribution in [0.4, 0.5) is 0 Å². The van der Waals surface area contributed by atoms with Crippen molar-refractivity contribution in [3.63, 3.8) is 0 Å². The van der Waals surface area contributed by atoms with Gasteiger partial charge in [-0.25, -0.2) is 8.42 Å². The number of methoxy groups -OCH3 is 1. The van der Waals surface area contributed by atoms with Gasteiger partial charge in [-0.3, -0.25) is 0 Å².